The highest BCUT2D eigenvalue weighted by Gasteiger charge is 2.23. The van der Waals surface area contributed by atoms with Crippen LogP contribution in [0.3, 0.4) is 0 Å². The number of anilines is 1. The van der Waals surface area contributed by atoms with Crippen molar-refractivity contribution in [1.29, 1.82) is 0 Å². The molecular formula is C16H18N4O5. The summed E-state index contributed by atoms with van der Waals surface area (Å²) in [5, 5.41) is 19.9. The summed E-state index contributed by atoms with van der Waals surface area (Å²) in [4.78, 5) is 34.5. The number of nitrogens with zero attached hydrogens (tertiary/aromatic N) is 2. The maximum absolute atomic E-state index is 12.1. The first kappa shape index (κ1) is 18.1. The number of nitro benzene ring substituents is 1. The van der Waals surface area contributed by atoms with Crippen LogP contribution >= 0.6 is 0 Å². The average Bonchev–Trinajstić information content (AvgIpc) is 3.04. The summed E-state index contributed by atoms with van der Waals surface area (Å²) in [7, 11) is 0. The summed E-state index contributed by atoms with van der Waals surface area (Å²) in [5.74, 6) is -1.42. The molecule has 0 aliphatic heterocycles. The van der Waals surface area contributed by atoms with Gasteiger partial charge in [0.15, 0.2) is 11.8 Å². The zero-order valence-electron chi connectivity index (χ0n) is 13.8. The van der Waals surface area contributed by atoms with Crippen LogP contribution in [0.4, 0.5) is 11.4 Å². The fraction of sp³-hybridized carbons (Fsp3) is 0.312. The van der Waals surface area contributed by atoms with E-state index in [0.717, 1.165) is 18.5 Å². The minimum Gasteiger partial charge on any atom is -0.448 e. The summed E-state index contributed by atoms with van der Waals surface area (Å²) < 4.78 is 5.06. The number of esters is 1. The highest BCUT2D eigenvalue weighted by atomic mass is 16.6. The molecule has 0 radical (unpaired) electrons. The lowest BCUT2D eigenvalue weighted by Gasteiger charge is -2.12. The molecule has 132 valence electrons. The molecule has 1 aromatic carbocycles. The van der Waals surface area contributed by atoms with Gasteiger partial charge in [-0.25, -0.2) is 4.79 Å². The summed E-state index contributed by atoms with van der Waals surface area (Å²) in [6.45, 7) is 3.37. The molecule has 0 saturated carbocycles. The molecule has 1 heterocycles. The number of amides is 1. The Labute approximate surface area is 143 Å². The van der Waals surface area contributed by atoms with Gasteiger partial charge < -0.3 is 10.1 Å². The van der Waals surface area contributed by atoms with E-state index in [9.17, 15) is 19.7 Å². The number of aryl methyl sites for hydroxylation is 1. The molecule has 2 N–H and O–H groups in total. The number of carbonyl (C=O) groups excluding carboxylic acids is 2. The SMILES string of the molecule is CCCc1cc(C(=O)O[C@H](C)C(=O)Nc2ccccc2[N+](=O)[O-])n[nH]1. The number of H-pyrrole nitrogens is 1. The van der Waals surface area contributed by atoms with Crippen molar-refractivity contribution in [3.63, 3.8) is 0 Å². The number of para-hydroxylation sites is 2. The molecule has 2 aromatic rings. The molecule has 0 saturated heterocycles. The maximum Gasteiger partial charge on any atom is 0.359 e. The molecule has 9 nitrogen and oxygen atoms in total. The van der Waals surface area contributed by atoms with E-state index >= 15 is 0 Å². The second-order valence-corrected chi connectivity index (χ2v) is 5.34. The normalized spacial score (nSPS) is 11.6. The van der Waals surface area contributed by atoms with Crippen LogP contribution in [0.25, 0.3) is 0 Å². The number of nitro groups is 1. The third-order valence-corrected chi connectivity index (χ3v) is 3.37. The quantitative estimate of drug-likeness (QED) is 0.450. The van der Waals surface area contributed by atoms with Gasteiger partial charge in [0.05, 0.1) is 4.92 Å². The van der Waals surface area contributed by atoms with Crippen molar-refractivity contribution >= 4 is 23.3 Å². The molecule has 0 unspecified atom stereocenters. The van der Waals surface area contributed by atoms with Crippen molar-refractivity contribution in [3.05, 3.63) is 51.8 Å². The van der Waals surface area contributed by atoms with Crippen LogP contribution in [0.2, 0.25) is 0 Å². The number of aromatic nitrogens is 2. The third-order valence-electron chi connectivity index (χ3n) is 3.37. The smallest absolute Gasteiger partial charge is 0.359 e. The molecule has 0 spiro atoms. The Hall–Kier alpha value is -3.23. The Morgan fingerprint density at radius 1 is 1.40 bits per heavy atom. The number of rotatable bonds is 7. The number of hydrogen-bond donors (Lipinski definition) is 2. The number of aromatic amines is 1. The number of carbonyl (C=O) groups is 2. The van der Waals surface area contributed by atoms with Gasteiger partial charge in [-0.1, -0.05) is 25.5 Å². The van der Waals surface area contributed by atoms with E-state index in [-0.39, 0.29) is 17.1 Å². The Morgan fingerprint density at radius 2 is 2.12 bits per heavy atom. The molecule has 0 bridgehead atoms. The lowest BCUT2D eigenvalue weighted by molar-refractivity contribution is -0.383. The Balaban J connectivity index is 2.00. The van der Waals surface area contributed by atoms with E-state index in [1.54, 1.807) is 12.1 Å². The van der Waals surface area contributed by atoms with Crippen LogP contribution in [0.5, 0.6) is 0 Å². The molecule has 0 aliphatic carbocycles. The topological polar surface area (TPSA) is 127 Å². The average molecular weight is 346 g/mol. The van der Waals surface area contributed by atoms with Gasteiger partial charge in [0.1, 0.15) is 5.69 Å². The van der Waals surface area contributed by atoms with Gasteiger partial charge >= 0.3 is 5.97 Å². The van der Waals surface area contributed by atoms with Crippen molar-refractivity contribution < 1.29 is 19.2 Å². The Bertz CT molecular complexity index is 786. The van der Waals surface area contributed by atoms with Crippen molar-refractivity contribution in [1.82, 2.24) is 10.2 Å². The molecule has 25 heavy (non-hydrogen) atoms. The fourth-order valence-corrected chi connectivity index (χ4v) is 2.11. The molecule has 0 fully saturated rings. The standard InChI is InChI=1S/C16H18N4O5/c1-3-6-11-9-13(19-18-11)16(22)25-10(2)15(21)17-12-7-4-5-8-14(12)20(23)24/h4-5,7-10H,3,6H2,1-2H3,(H,17,21)(H,18,19)/t10-/m1/s1. The molecule has 2 rings (SSSR count). The lowest BCUT2D eigenvalue weighted by atomic mass is 10.2. The first-order valence-corrected chi connectivity index (χ1v) is 7.72. The summed E-state index contributed by atoms with van der Waals surface area (Å²) in [6, 6.07) is 7.28. The first-order valence-electron chi connectivity index (χ1n) is 7.72. The van der Waals surface area contributed by atoms with E-state index < -0.39 is 22.9 Å². The van der Waals surface area contributed by atoms with E-state index in [1.165, 1.54) is 25.1 Å². The van der Waals surface area contributed by atoms with Crippen molar-refractivity contribution in [3.8, 4) is 0 Å². The lowest BCUT2D eigenvalue weighted by Crippen LogP contribution is -2.30. The summed E-state index contributed by atoms with van der Waals surface area (Å²) in [6.07, 6.45) is 0.498. The van der Waals surface area contributed by atoms with E-state index in [4.69, 9.17) is 4.74 Å². The first-order chi connectivity index (χ1) is 11.9. The van der Waals surface area contributed by atoms with Crippen molar-refractivity contribution in [2.75, 3.05) is 5.32 Å². The molecule has 0 aliphatic rings. The van der Waals surface area contributed by atoms with Gasteiger partial charge in [-0.3, -0.25) is 20.0 Å². The van der Waals surface area contributed by atoms with Gasteiger partial charge in [0.2, 0.25) is 0 Å². The third kappa shape index (κ3) is 4.63. The predicted octanol–water partition coefficient (Wildman–Crippen LogP) is 2.45. The Morgan fingerprint density at radius 3 is 2.80 bits per heavy atom. The molecule has 9 heteroatoms. The van der Waals surface area contributed by atoms with Gasteiger partial charge in [0.25, 0.3) is 11.6 Å². The van der Waals surface area contributed by atoms with Gasteiger partial charge in [-0.15, -0.1) is 0 Å². The van der Waals surface area contributed by atoms with Crippen LogP contribution in [0, 0.1) is 10.1 Å². The van der Waals surface area contributed by atoms with Crippen LogP contribution in [-0.4, -0.2) is 33.1 Å². The van der Waals surface area contributed by atoms with Crippen LogP contribution in [0.15, 0.2) is 30.3 Å². The zero-order chi connectivity index (χ0) is 18.4. The molecule has 1 atom stereocenters. The van der Waals surface area contributed by atoms with Gasteiger partial charge in [0, 0.05) is 11.8 Å². The van der Waals surface area contributed by atoms with Crippen LogP contribution in [-0.2, 0) is 16.0 Å². The Kier molecular flexibility index (Phi) is 5.83. The summed E-state index contributed by atoms with van der Waals surface area (Å²) in [5.41, 5.74) is 0.663. The minimum absolute atomic E-state index is 0.0328. The largest absolute Gasteiger partial charge is 0.448 e. The maximum atomic E-state index is 12.1. The molecule has 1 amide bonds. The van der Waals surface area contributed by atoms with Crippen molar-refractivity contribution in [2.24, 2.45) is 0 Å². The monoisotopic (exact) mass is 346 g/mol. The zero-order valence-corrected chi connectivity index (χ0v) is 13.8. The molecule has 1 aromatic heterocycles. The van der Waals surface area contributed by atoms with Gasteiger partial charge in [-0.05, 0) is 25.5 Å². The van der Waals surface area contributed by atoms with E-state index in [0.29, 0.717) is 0 Å². The number of benzene rings is 1. The highest BCUT2D eigenvalue weighted by molar-refractivity contribution is 5.98. The van der Waals surface area contributed by atoms with Crippen molar-refractivity contribution in [2.45, 2.75) is 32.8 Å². The second kappa shape index (κ2) is 8.04. The number of nitrogens with one attached hydrogen (secondary N) is 2. The predicted molar refractivity (Wildman–Crippen MR) is 89.2 cm³/mol. The van der Waals surface area contributed by atoms with Crippen LogP contribution in [0.1, 0.15) is 36.5 Å². The van der Waals surface area contributed by atoms with Crippen LogP contribution < -0.4 is 5.32 Å². The fourth-order valence-electron chi connectivity index (χ4n) is 2.11. The van der Waals surface area contributed by atoms with Gasteiger partial charge in [-0.2, -0.15) is 5.10 Å². The molecular weight excluding hydrogens is 328 g/mol. The number of ether oxygens (including phenoxy) is 1. The van der Waals surface area contributed by atoms with E-state index in [1.807, 2.05) is 6.92 Å². The number of hydrogen-bond acceptors (Lipinski definition) is 6. The summed E-state index contributed by atoms with van der Waals surface area (Å²) >= 11 is 0. The minimum atomic E-state index is -1.14. The van der Waals surface area contributed by atoms with E-state index in [2.05, 4.69) is 15.5 Å². The highest BCUT2D eigenvalue weighted by Crippen LogP contribution is 2.23. The second-order valence-electron chi connectivity index (χ2n) is 5.34.